The molecule has 9 atom stereocenters. The molecule has 0 radical (unpaired) electrons. The first-order chi connectivity index (χ1) is 15.6. The van der Waals surface area contributed by atoms with E-state index in [0.717, 1.165) is 51.4 Å². The maximum Gasteiger partial charge on any atom is 0.310 e. The van der Waals surface area contributed by atoms with Gasteiger partial charge in [0, 0.05) is 0 Å². The second kappa shape index (κ2) is 7.12. The minimum atomic E-state index is -0.679. The topological polar surface area (TPSA) is 77.8 Å². The molecule has 0 aromatic heterocycles. The van der Waals surface area contributed by atoms with E-state index in [0.29, 0.717) is 18.3 Å². The molecule has 5 aliphatic carbocycles. The average Bonchev–Trinajstić information content (AvgIpc) is 2.72. The van der Waals surface area contributed by atoms with Gasteiger partial charge >= 0.3 is 5.97 Å². The van der Waals surface area contributed by atoms with Crippen molar-refractivity contribution < 1.29 is 20.1 Å². The van der Waals surface area contributed by atoms with Gasteiger partial charge in [-0.25, -0.2) is 0 Å². The number of aliphatic hydroxyl groups is 2. The Bertz CT molecular complexity index is 919. The van der Waals surface area contributed by atoms with Crippen molar-refractivity contribution in [2.45, 2.75) is 118 Å². The molecular formula is C30H48O4. The molecule has 0 saturated heterocycles. The van der Waals surface area contributed by atoms with E-state index < -0.39 is 23.6 Å². The van der Waals surface area contributed by atoms with Crippen LogP contribution in [0.25, 0.3) is 0 Å². The van der Waals surface area contributed by atoms with Gasteiger partial charge in [0.25, 0.3) is 0 Å². The number of hydrogen-bond donors (Lipinski definition) is 3. The molecule has 5 unspecified atom stereocenters. The lowest BCUT2D eigenvalue weighted by Crippen LogP contribution is -2.67. The molecule has 192 valence electrons. The molecule has 5 aliphatic rings. The first kappa shape index (κ1) is 24.8. The summed E-state index contributed by atoms with van der Waals surface area (Å²) in [4.78, 5) is 12.8. The molecular weight excluding hydrogens is 424 g/mol. The molecule has 4 saturated carbocycles. The van der Waals surface area contributed by atoms with Crippen molar-refractivity contribution in [3.8, 4) is 0 Å². The number of aliphatic hydroxyl groups excluding tert-OH is 2. The molecule has 5 rings (SSSR count). The van der Waals surface area contributed by atoms with Crippen LogP contribution in [0.3, 0.4) is 0 Å². The highest BCUT2D eigenvalue weighted by Gasteiger charge is 2.70. The minimum absolute atomic E-state index is 0.00785. The Hall–Kier alpha value is -0.870. The Morgan fingerprint density at radius 3 is 2.18 bits per heavy atom. The summed E-state index contributed by atoms with van der Waals surface area (Å²) < 4.78 is 0. The molecule has 0 bridgehead atoms. The normalized spacial score (nSPS) is 53.4. The molecule has 0 aromatic carbocycles. The molecule has 0 heterocycles. The first-order valence-electron chi connectivity index (χ1n) is 13.9. The van der Waals surface area contributed by atoms with Crippen molar-refractivity contribution in [1.29, 1.82) is 0 Å². The van der Waals surface area contributed by atoms with Gasteiger partial charge < -0.3 is 15.3 Å². The monoisotopic (exact) mass is 472 g/mol. The molecule has 4 nitrogen and oxygen atoms in total. The van der Waals surface area contributed by atoms with E-state index in [-0.39, 0.29) is 33.0 Å². The number of hydrogen-bond acceptors (Lipinski definition) is 3. The Labute approximate surface area is 206 Å². The zero-order valence-electron chi connectivity index (χ0n) is 22.6. The zero-order chi connectivity index (χ0) is 25.1. The lowest BCUT2D eigenvalue weighted by Gasteiger charge is -2.71. The van der Waals surface area contributed by atoms with Crippen LogP contribution >= 0.6 is 0 Å². The fourth-order valence-corrected chi connectivity index (χ4v) is 10.8. The second-order valence-corrected chi connectivity index (χ2v) is 15.2. The number of carboxylic acid groups (broad SMARTS) is 1. The highest BCUT2D eigenvalue weighted by Crippen LogP contribution is 2.75. The fourth-order valence-electron chi connectivity index (χ4n) is 10.8. The Balaban J connectivity index is 1.61. The van der Waals surface area contributed by atoms with Gasteiger partial charge in [0.05, 0.1) is 17.6 Å². The van der Waals surface area contributed by atoms with Crippen LogP contribution in [0.5, 0.6) is 0 Å². The Morgan fingerprint density at radius 1 is 0.882 bits per heavy atom. The summed E-state index contributed by atoms with van der Waals surface area (Å²) in [6, 6.07) is 0. The van der Waals surface area contributed by atoms with Crippen LogP contribution < -0.4 is 0 Å². The predicted molar refractivity (Wildman–Crippen MR) is 134 cm³/mol. The van der Waals surface area contributed by atoms with Crippen LogP contribution in [0.15, 0.2) is 11.6 Å². The van der Waals surface area contributed by atoms with E-state index in [1.807, 2.05) is 0 Å². The van der Waals surface area contributed by atoms with Crippen LogP contribution in [-0.4, -0.2) is 33.5 Å². The van der Waals surface area contributed by atoms with Gasteiger partial charge in [-0.15, -0.1) is 0 Å². The van der Waals surface area contributed by atoms with Gasteiger partial charge in [-0.05, 0) is 103 Å². The summed E-state index contributed by atoms with van der Waals surface area (Å²) in [5.41, 5.74) is 0.754. The summed E-state index contributed by atoms with van der Waals surface area (Å²) >= 11 is 0. The van der Waals surface area contributed by atoms with Gasteiger partial charge in [-0.2, -0.15) is 0 Å². The zero-order valence-corrected chi connectivity index (χ0v) is 22.6. The fraction of sp³-hybridized carbons (Fsp3) is 0.900. The molecule has 0 aliphatic heterocycles. The van der Waals surface area contributed by atoms with E-state index in [1.54, 1.807) is 0 Å². The van der Waals surface area contributed by atoms with E-state index in [9.17, 15) is 20.1 Å². The molecule has 0 aromatic rings. The van der Waals surface area contributed by atoms with Gasteiger partial charge in [0.1, 0.15) is 0 Å². The highest BCUT2D eigenvalue weighted by molar-refractivity contribution is 5.76. The quantitative estimate of drug-likeness (QED) is 0.397. The van der Waals surface area contributed by atoms with E-state index in [1.165, 1.54) is 5.57 Å². The van der Waals surface area contributed by atoms with Gasteiger partial charge in [0.2, 0.25) is 0 Å². The predicted octanol–water partition coefficient (Wildman–Crippen LogP) is 6.20. The Kier molecular flexibility index (Phi) is 5.20. The van der Waals surface area contributed by atoms with Gasteiger partial charge in [0.15, 0.2) is 0 Å². The van der Waals surface area contributed by atoms with Crippen LogP contribution in [-0.2, 0) is 4.79 Å². The molecule has 0 amide bonds. The highest BCUT2D eigenvalue weighted by atomic mass is 16.4. The van der Waals surface area contributed by atoms with Gasteiger partial charge in [-0.1, -0.05) is 60.1 Å². The standard InChI is InChI=1S/C30H48O4/c1-25(2)12-14-30(24(33)34)15-13-28(6)18(19(30)16-25)8-9-22-27(5)17-20(31)23(32)26(3,4)21(27)10-11-29(22,28)7/h8,19-23,31-32H,9-17H2,1-7H3,(H,33,34)/t19-,20+,21?,22?,23-,27?,28?,29?,30-/m0/s1. The van der Waals surface area contributed by atoms with Gasteiger partial charge in [-0.3, -0.25) is 4.79 Å². The van der Waals surface area contributed by atoms with Crippen molar-refractivity contribution >= 4 is 5.97 Å². The third kappa shape index (κ3) is 2.88. The number of allylic oxidation sites excluding steroid dienone is 2. The third-order valence-corrected chi connectivity index (χ3v) is 13.0. The SMILES string of the molecule is CC1(C)CC[C@]2(C(=O)O)CCC3(C)C(=CCC4C5(C)C[C@@H](O)[C@H](O)C(C)(C)C5CCC43C)[C@@H]2C1. The number of fused-ring (bicyclic) bond motifs is 7. The van der Waals surface area contributed by atoms with Crippen LogP contribution in [0.1, 0.15) is 106 Å². The summed E-state index contributed by atoms with van der Waals surface area (Å²) in [5.74, 6) is 0.365. The number of rotatable bonds is 1. The van der Waals surface area contributed by atoms with E-state index >= 15 is 0 Å². The largest absolute Gasteiger partial charge is 0.481 e. The second-order valence-electron chi connectivity index (χ2n) is 15.2. The van der Waals surface area contributed by atoms with Crippen LogP contribution in [0, 0.1) is 50.2 Å². The molecule has 3 N–H and O–H groups in total. The molecule has 4 heteroatoms. The number of aliphatic carboxylic acids is 1. The van der Waals surface area contributed by atoms with Crippen molar-refractivity contribution in [3.05, 3.63) is 11.6 Å². The van der Waals surface area contributed by atoms with E-state index in [4.69, 9.17) is 0 Å². The lowest BCUT2D eigenvalue weighted by atomic mass is 9.33. The lowest BCUT2D eigenvalue weighted by molar-refractivity contribution is -0.231. The average molecular weight is 473 g/mol. The summed E-state index contributed by atoms with van der Waals surface area (Å²) in [6.45, 7) is 16.3. The van der Waals surface area contributed by atoms with Crippen molar-refractivity contribution in [2.24, 2.45) is 50.2 Å². The number of carboxylic acids is 1. The van der Waals surface area contributed by atoms with Crippen molar-refractivity contribution in [3.63, 3.8) is 0 Å². The van der Waals surface area contributed by atoms with Crippen molar-refractivity contribution in [2.75, 3.05) is 0 Å². The summed E-state index contributed by atoms with van der Waals surface area (Å²) in [6.07, 6.45) is 9.45. The molecule has 0 spiro atoms. The minimum Gasteiger partial charge on any atom is -0.481 e. The maximum absolute atomic E-state index is 12.8. The van der Waals surface area contributed by atoms with Crippen LogP contribution in [0.4, 0.5) is 0 Å². The molecule has 34 heavy (non-hydrogen) atoms. The molecule has 4 fully saturated rings. The third-order valence-electron chi connectivity index (χ3n) is 13.0. The summed E-state index contributed by atoms with van der Waals surface area (Å²) in [7, 11) is 0. The van der Waals surface area contributed by atoms with Crippen LogP contribution in [0.2, 0.25) is 0 Å². The summed E-state index contributed by atoms with van der Waals surface area (Å²) in [5, 5.41) is 32.4. The van der Waals surface area contributed by atoms with Crippen molar-refractivity contribution in [1.82, 2.24) is 0 Å². The Morgan fingerprint density at radius 2 is 1.53 bits per heavy atom. The maximum atomic E-state index is 12.8. The number of carbonyl (C=O) groups is 1. The first-order valence-corrected chi connectivity index (χ1v) is 13.9. The van der Waals surface area contributed by atoms with E-state index in [2.05, 4.69) is 54.5 Å². The smallest absolute Gasteiger partial charge is 0.310 e.